The average molecular weight is 248 g/mol. The van der Waals surface area contributed by atoms with Crippen molar-refractivity contribution in [3.8, 4) is 0 Å². The summed E-state index contributed by atoms with van der Waals surface area (Å²) in [5, 5.41) is 9.27. The minimum absolute atomic E-state index is 0.338. The molecule has 4 nitrogen and oxygen atoms in total. The molecule has 1 aromatic rings. The van der Waals surface area contributed by atoms with Gasteiger partial charge in [-0.2, -0.15) is 0 Å². The molecule has 0 saturated carbocycles. The molecule has 0 aliphatic carbocycles. The highest BCUT2D eigenvalue weighted by molar-refractivity contribution is 5.95. The highest BCUT2D eigenvalue weighted by atomic mass is 16.4. The Labute approximate surface area is 107 Å². The Kier molecular flexibility index (Phi) is 3.45. The summed E-state index contributed by atoms with van der Waals surface area (Å²) in [6.45, 7) is 5.23. The molecular formula is C14H20N2O2. The highest BCUT2D eigenvalue weighted by Crippen LogP contribution is 2.31. The topological polar surface area (TPSA) is 66.6 Å². The fourth-order valence-corrected chi connectivity index (χ4v) is 2.59. The lowest BCUT2D eigenvalue weighted by atomic mass is 9.93. The number of nitrogens with zero attached hydrogens (tertiary/aromatic N) is 1. The predicted molar refractivity (Wildman–Crippen MR) is 73.0 cm³/mol. The van der Waals surface area contributed by atoms with E-state index in [4.69, 9.17) is 5.73 Å². The first-order valence-corrected chi connectivity index (χ1v) is 6.38. The number of benzene rings is 1. The van der Waals surface area contributed by atoms with Gasteiger partial charge in [0.15, 0.2) is 0 Å². The van der Waals surface area contributed by atoms with Gasteiger partial charge in [-0.3, -0.25) is 0 Å². The van der Waals surface area contributed by atoms with Crippen LogP contribution in [0.5, 0.6) is 0 Å². The molecular weight excluding hydrogens is 228 g/mol. The zero-order valence-electron chi connectivity index (χ0n) is 10.9. The summed E-state index contributed by atoms with van der Waals surface area (Å²) in [6.07, 6.45) is 2.29. The monoisotopic (exact) mass is 248 g/mol. The van der Waals surface area contributed by atoms with Crippen LogP contribution in [0.2, 0.25) is 0 Å². The molecule has 2 rings (SSSR count). The zero-order valence-corrected chi connectivity index (χ0v) is 10.9. The van der Waals surface area contributed by atoms with Crippen LogP contribution in [-0.2, 0) is 0 Å². The molecule has 1 fully saturated rings. The van der Waals surface area contributed by atoms with Gasteiger partial charge in [0.1, 0.15) is 0 Å². The van der Waals surface area contributed by atoms with Crippen molar-refractivity contribution in [2.24, 2.45) is 5.92 Å². The van der Waals surface area contributed by atoms with Crippen LogP contribution in [0, 0.1) is 5.92 Å². The lowest BCUT2D eigenvalue weighted by Crippen LogP contribution is -2.41. The van der Waals surface area contributed by atoms with Crippen molar-refractivity contribution in [1.29, 1.82) is 0 Å². The number of hydrogen-bond acceptors (Lipinski definition) is 3. The summed E-state index contributed by atoms with van der Waals surface area (Å²) < 4.78 is 0. The van der Waals surface area contributed by atoms with Crippen LogP contribution in [-0.4, -0.2) is 23.7 Å². The van der Waals surface area contributed by atoms with Crippen LogP contribution in [0.25, 0.3) is 0 Å². The molecule has 1 aliphatic heterocycles. The molecule has 18 heavy (non-hydrogen) atoms. The Morgan fingerprint density at radius 2 is 2.11 bits per heavy atom. The minimum atomic E-state index is -0.893. The Hall–Kier alpha value is -1.71. The van der Waals surface area contributed by atoms with Crippen LogP contribution in [0.1, 0.15) is 37.0 Å². The molecule has 1 aliphatic rings. The number of aromatic carboxylic acids is 1. The second kappa shape index (κ2) is 4.88. The maximum Gasteiger partial charge on any atom is 0.337 e. The number of carbonyl (C=O) groups is 1. The largest absolute Gasteiger partial charge is 0.478 e. The summed E-state index contributed by atoms with van der Waals surface area (Å²) >= 11 is 0. The van der Waals surface area contributed by atoms with Gasteiger partial charge in [0.05, 0.1) is 11.3 Å². The van der Waals surface area contributed by atoms with Crippen molar-refractivity contribution in [2.75, 3.05) is 17.2 Å². The Balaban J connectivity index is 2.41. The Morgan fingerprint density at radius 1 is 1.39 bits per heavy atom. The number of carboxylic acids is 1. The number of rotatable bonds is 2. The van der Waals surface area contributed by atoms with Crippen LogP contribution in [0.15, 0.2) is 18.2 Å². The van der Waals surface area contributed by atoms with Crippen molar-refractivity contribution < 1.29 is 9.90 Å². The predicted octanol–water partition coefficient (Wildman–Crippen LogP) is 2.59. The third-order valence-electron chi connectivity index (χ3n) is 3.68. The second-order valence-corrected chi connectivity index (χ2v) is 5.27. The molecule has 0 amide bonds. The van der Waals surface area contributed by atoms with Crippen LogP contribution in [0.3, 0.4) is 0 Å². The number of carboxylic acid groups (broad SMARTS) is 1. The maximum atomic E-state index is 11.3. The number of anilines is 2. The molecule has 0 bridgehead atoms. The molecule has 98 valence electrons. The number of nitrogen functional groups attached to an aromatic ring is 1. The van der Waals surface area contributed by atoms with E-state index in [1.165, 1.54) is 6.42 Å². The van der Waals surface area contributed by atoms with E-state index in [1.54, 1.807) is 18.2 Å². The quantitative estimate of drug-likeness (QED) is 0.789. The van der Waals surface area contributed by atoms with E-state index in [1.807, 2.05) is 0 Å². The maximum absolute atomic E-state index is 11.3. The summed E-state index contributed by atoms with van der Waals surface area (Å²) in [4.78, 5) is 13.5. The fourth-order valence-electron chi connectivity index (χ4n) is 2.59. The van der Waals surface area contributed by atoms with Crippen LogP contribution in [0.4, 0.5) is 11.4 Å². The number of nitrogens with two attached hydrogens (primary N) is 1. The smallest absolute Gasteiger partial charge is 0.337 e. The van der Waals surface area contributed by atoms with Gasteiger partial charge in [-0.25, -0.2) is 4.79 Å². The lowest BCUT2D eigenvalue weighted by Gasteiger charge is -2.39. The van der Waals surface area contributed by atoms with E-state index in [0.29, 0.717) is 23.2 Å². The molecule has 0 spiro atoms. The molecule has 1 aromatic carbocycles. The number of piperidine rings is 1. The van der Waals surface area contributed by atoms with E-state index in [0.717, 1.165) is 18.7 Å². The molecule has 1 heterocycles. The Bertz CT molecular complexity index is 459. The first kappa shape index (κ1) is 12.7. The molecule has 0 aromatic heterocycles. The first-order valence-electron chi connectivity index (χ1n) is 6.38. The molecule has 3 N–H and O–H groups in total. The minimum Gasteiger partial charge on any atom is -0.478 e. The van der Waals surface area contributed by atoms with Crippen molar-refractivity contribution in [1.82, 2.24) is 0 Å². The lowest BCUT2D eigenvalue weighted by molar-refractivity contribution is 0.0697. The van der Waals surface area contributed by atoms with Crippen molar-refractivity contribution in [2.45, 2.75) is 32.7 Å². The van der Waals surface area contributed by atoms with E-state index in [-0.39, 0.29) is 0 Å². The van der Waals surface area contributed by atoms with Gasteiger partial charge in [-0.1, -0.05) is 6.92 Å². The third-order valence-corrected chi connectivity index (χ3v) is 3.68. The summed E-state index contributed by atoms with van der Waals surface area (Å²) in [5.74, 6) is -0.306. The van der Waals surface area contributed by atoms with Gasteiger partial charge < -0.3 is 15.7 Å². The first-order chi connectivity index (χ1) is 8.49. The van der Waals surface area contributed by atoms with Gasteiger partial charge in [-0.15, -0.1) is 0 Å². The molecule has 2 unspecified atom stereocenters. The summed E-state index contributed by atoms with van der Waals surface area (Å²) in [7, 11) is 0. The van der Waals surface area contributed by atoms with Gasteiger partial charge in [0.25, 0.3) is 0 Å². The van der Waals surface area contributed by atoms with Crippen molar-refractivity contribution in [3.63, 3.8) is 0 Å². The standard InChI is InChI=1S/C14H20N2O2/c1-9-3-4-10(2)16(8-9)13-7-11(15)5-6-12(13)14(17)18/h5-7,9-10H,3-4,8,15H2,1-2H3,(H,17,18). The van der Waals surface area contributed by atoms with E-state index < -0.39 is 5.97 Å². The van der Waals surface area contributed by atoms with Crippen molar-refractivity contribution >= 4 is 17.3 Å². The van der Waals surface area contributed by atoms with E-state index in [2.05, 4.69) is 18.7 Å². The summed E-state index contributed by atoms with van der Waals surface area (Å²) in [6, 6.07) is 5.38. The van der Waals surface area contributed by atoms with Crippen LogP contribution < -0.4 is 10.6 Å². The van der Waals surface area contributed by atoms with E-state index in [9.17, 15) is 9.90 Å². The normalized spacial score (nSPS) is 24.0. The van der Waals surface area contributed by atoms with E-state index >= 15 is 0 Å². The summed E-state index contributed by atoms with van der Waals surface area (Å²) in [5.41, 5.74) is 7.50. The Morgan fingerprint density at radius 3 is 2.78 bits per heavy atom. The highest BCUT2D eigenvalue weighted by Gasteiger charge is 2.26. The molecule has 1 saturated heterocycles. The van der Waals surface area contributed by atoms with Gasteiger partial charge in [-0.05, 0) is 43.9 Å². The van der Waals surface area contributed by atoms with Gasteiger partial charge >= 0.3 is 5.97 Å². The fraction of sp³-hybridized carbons (Fsp3) is 0.500. The molecule has 0 radical (unpaired) electrons. The van der Waals surface area contributed by atoms with Crippen molar-refractivity contribution in [3.05, 3.63) is 23.8 Å². The molecule has 2 atom stereocenters. The average Bonchev–Trinajstić information content (AvgIpc) is 2.31. The van der Waals surface area contributed by atoms with Gasteiger partial charge in [0, 0.05) is 18.3 Å². The van der Waals surface area contributed by atoms with Crippen LogP contribution >= 0.6 is 0 Å². The second-order valence-electron chi connectivity index (χ2n) is 5.27. The van der Waals surface area contributed by atoms with Gasteiger partial charge in [0.2, 0.25) is 0 Å². The molecule has 4 heteroatoms. The number of hydrogen-bond donors (Lipinski definition) is 2. The zero-order chi connectivity index (χ0) is 13.3. The third kappa shape index (κ3) is 2.42. The SMILES string of the molecule is CC1CCC(C)N(c2cc(N)ccc2C(=O)O)C1.